The lowest BCUT2D eigenvalue weighted by molar-refractivity contribution is -0.384. The van der Waals surface area contributed by atoms with E-state index in [-0.39, 0.29) is 5.69 Å². The fraction of sp³-hybridized carbons (Fsp3) is 0. The first kappa shape index (κ1) is 15.7. The molecule has 6 heteroatoms. The molecule has 4 rings (SSSR count). The highest BCUT2D eigenvalue weighted by molar-refractivity contribution is 5.70. The van der Waals surface area contributed by atoms with Gasteiger partial charge in [0.2, 0.25) is 0 Å². The number of hydrogen-bond donors (Lipinski definition) is 0. The summed E-state index contributed by atoms with van der Waals surface area (Å²) in [6.07, 6.45) is 3.45. The van der Waals surface area contributed by atoms with Gasteiger partial charge in [0.05, 0.1) is 22.0 Å². The van der Waals surface area contributed by atoms with Crippen molar-refractivity contribution in [3.63, 3.8) is 0 Å². The van der Waals surface area contributed by atoms with Gasteiger partial charge in [-0.25, -0.2) is 4.68 Å². The highest BCUT2D eigenvalue weighted by Gasteiger charge is 2.14. The van der Waals surface area contributed by atoms with Crippen molar-refractivity contribution < 1.29 is 4.92 Å². The summed E-state index contributed by atoms with van der Waals surface area (Å²) in [5.74, 6) is 0. The molecule has 4 aromatic rings. The van der Waals surface area contributed by atoms with Crippen molar-refractivity contribution in [3.05, 3.63) is 95.3 Å². The average molecular weight is 342 g/mol. The Kier molecular flexibility index (Phi) is 3.99. The predicted molar refractivity (Wildman–Crippen MR) is 98.9 cm³/mol. The van der Waals surface area contributed by atoms with E-state index in [0.29, 0.717) is 0 Å². The van der Waals surface area contributed by atoms with Crippen LogP contribution in [0.3, 0.4) is 0 Å². The van der Waals surface area contributed by atoms with Crippen LogP contribution in [0, 0.1) is 10.1 Å². The third-order valence-corrected chi connectivity index (χ3v) is 4.06. The van der Waals surface area contributed by atoms with Gasteiger partial charge in [0.15, 0.2) is 0 Å². The van der Waals surface area contributed by atoms with Crippen molar-refractivity contribution in [1.82, 2.24) is 14.8 Å². The number of non-ortho nitro benzene ring substituents is 1. The summed E-state index contributed by atoms with van der Waals surface area (Å²) >= 11 is 0. The number of pyridine rings is 1. The van der Waals surface area contributed by atoms with E-state index in [1.165, 1.54) is 12.1 Å². The van der Waals surface area contributed by atoms with Gasteiger partial charge in [-0.05, 0) is 30.3 Å². The van der Waals surface area contributed by atoms with Crippen LogP contribution < -0.4 is 0 Å². The first-order valence-corrected chi connectivity index (χ1v) is 8.03. The predicted octanol–water partition coefficient (Wildman–Crippen LogP) is 4.51. The van der Waals surface area contributed by atoms with Crippen molar-refractivity contribution in [2.45, 2.75) is 0 Å². The standard InChI is InChI=1S/C20H14N4O2/c25-24(26)18-8-6-17(7-9-18)23-20(16-10-12-21-13-11-16)14-19(22-23)15-4-2-1-3-5-15/h1-14H. The molecule has 26 heavy (non-hydrogen) atoms. The third-order valence-electron chi connectivity index (χ3n) is 4.06. The van der Waals surface area contributed by atoms with Crippen LogP contribution in [0.5, 0.6) is 0 Å². The molecule has 0 radical (unpaired) electrons. The highest BCUT2D eigenvalue weighted by Crippen LogP contribution is 2.29. The second kappa shape index (κ2) is 6.60. The number of benzene rings is 2. The molecular weight excluding hydrogens is 328 g/mol. The second-order valence-corrected chi connectivity index (χ2v) is 5.70. The van der Waals surface area contributed by atoms with Gasteiger partial charge in [-0.3, -0.25) is 15.1 Å². The second-order valence-electron chi connectivity index (χ2n) is 5.70. The highest BCUT2D eigenvalue weighted by atomic mass is 16.6. The monoisotopic (exact) mass is 342 g/mol. The largest absolute Gasteiger partial charge is 0.269 e. The van der Waals surface area contributed by atoms with E-state index in [9.17, 15) is 10.1 Å². The maximum Gasteiger partial charge on any atom is 0.269 e. The molecule has 0 saturated carbocycles. The van der Waals surface area contributed by atoms with E-state index < -0.39 is 4.92 Å². The summed E-state index contributed by atoms with van der Waals surface area (Å²) < 4.78 is 1.79. The first-order valence-electron chi connectivity index (χ1n) is 8.03. The molecule has 2 aromatic heterocycles. The number of nitro groups is 1. The minimum absolute atomic E-state index is 0.0506. The summed E-state index contributed by atoms with van der Waals surface area (Å²) in [5, 5.41) is 15.6. The molecule has 0 saturated heterocycles. The molecule has 0 atom stereocenters. The van der Waals surface area contributed by atoms with Crippen LogP contribution >= 0.6 is 0 Å². The Hall–Kier alpha value is -3.80. The Balaban J connectivity index is 1.87. The lowest BCUT2D eigenvalue weighted by Crippen LogP contribution is -1.99. The van der Waals surface area contributed by atoms with Gasteiger partial charge < -0.3 is 0 Å². The first-order chi connectivity index (χ1) is 12.7. The molecule has 0 bridgehead atoms. The molecule has 0 amide bonds. The van der Waals surface area contributed by atoms with E-state index in [0.717, 1.165) is 28.2 Å². The lowest BCUT2D eigenvalue weighted by Gasteiger charge is -2.07. The van der Waals surface area contributed by atoms with Crippen LogP contribution in [-0.4, -0.2) is 19.7 Å². The molecule has 2 aromatic carbocycles. The lowest BCUT2D eigenvalue weighted by atomic mass is 10.1. The van der Waals surface area contributed by atoms with Gasteiger partial charge in [0, 0.05) is 35.7 Å². The summed E-state index contributed by atoms with van der Waals surface area (Å²) in [7, 11) is 0. The molecule has 0 unspecified atom stereocenters. The maximum atomic E-state index is 10.9. The molecule has 0 N–H and O–H groups in total. The van der Waals surface area contributed by atoms with Crippen LogP contribution in [0.1, 0.15) is 0 Å². The Morgan fingerprint density at radius 1 is 0.846 bits per heavy atom. The van der Waals surface area contributed by atoms with Crippen LogP contribution in [0.15, 0.2) is 85.2 Å². The Bertz CT molecular complexity index is 1040. The van der Waals surface area contributed by atoms with E-state index >= 15 is 0 Å². The molecular formula is C20H14N4O2. The van der Waals surface area contributed by atoms with Gasteiger partial charge in [-0.2, -0.15) is 5.10 Å². The van der Waals surface area contributed by atoms with Crippen LogP contribution in [-0.2, 0) is 0 Å². The van der Waals surface area contributed by atoms with E-state index in [1.807, 2.05) is 48.5 Å². The third kappa shape index (κ3) is 2.95. The number of nitrogens with zero attached hydrogens (tertiary/aromatic N) is 4. The van der Waals surface area contributed by atoms with Gasteiger partial charge >= 0.3 is 0 Å². The zero-order valence-corrected chi connectivity index (χ0v) is 13.7. The van der Waals surface area contributed by atoms with Crippen molar-refractivity contribution in [1.29, 1.82) is 0 Å². The Morgan fingerprint density at radius 2 is 1.54 bits per heavy atom. The number of aromatic nitrogens is 3. The number of hydrogen-bond acceptors (Lipinski definition) is 4. The maximum absolute atomic E-state index is 10.9. The van der Waals surface area contributed by atoms with Crippen LogP contribution in [0.25, 0.3) is 28.2 Å². The zero-order chi connectivity index (χ0) is 17.9. The Labute approximate surface area is 149 Å². The normalized spacial score (nSPS) is 10.6. The zero-order valence-electron chi connectivity index (χ0n) is 13.7. The fourth-order valence-electron chi connectivity index (χ4n) is 2.77. The molecule has 0 aliphatic rings. The van der Waals surface area contributed by atoms with Crippen molar-refractivity contribution in [2.75, 3.05) is 0 Å². The minimum atomic E-state index is -0.411. The van der Waals surface area contributed by atoms with Gasteiger partial charge in [0.25, 0.3) is 5.69 Å². The fourth-order valence-corrected chi connectivity index (χ4v) is 2.77. The smallest absolute Gasteiger partial charge is 0.265 e. The SMILES string of the molecule is O=[N+]([O-])c1ccc(-n2nc(-c3ccccc3)cc2-c2ccncc2)cc1. The Morgan fingerprint density at radius 3 is 2.19 bits per heavy atom. The van der Waals surface area contributed by atoms with Crippen molar-refractivity contribution in [3.8, 4) is 28.2 Å². The number of rotatable bonds is 4. The molecule has 0 aliphatic carbocycles. The molecule has 6 nitrogen and oxygen atoms in total. The van der Waals surface area contributed by atoms with Crippen molar-refractivity contribution >= 4 is 5.69 Å². The van der Waals surface area contributed by atoms with E-state index in [2.05, 4.69) is 4.98 Å². The van der Waals surface area contributed by atoms with E-state index in [4.69, 9.17) is 5.10 Å². The number of nitro benzene ring substituents is 1. The van der Waals surface area contributed by atoms with Gasteiger partial charge in [-0.1, -0.05) is 30.3 Å². The molecule has 126 valence electrons. The summed E-state index contributed by atoms with van der Waals surface area (Å²) in [6.45, 7) is 0. The van der Waals surface area contributed by atoms with E-state index in [1.54, 1.807) is 29.2 Å². The van der Waals surface area contributed by atoms with Crippen LogP contribution in [0.4, 0.5) is 5.69 Å². The topological polar surface area (TPSA) is 73.8 Å². The summed E-state index contributed by atoms with van der Waals surface area (Å²) in [6, 6.07) is 22.1. The molecule has 0 fully saturated rings. The average Bonchev–Trinajstić information content (AvgIpc) is 3.15. The summed E-state index contributed by atoms with van der Waals surface area (Å²) in [5.41, 5.74) is 4.49. The molecule has 2 heterocycles. The molecule has 0 spiro atoms. The minimum Gasteiger partial charge on any atom is -0.265 e. The van der Waals surface area contributed by atoms with Crippen molar-refractivity contribution in [2.24, 2.45) is 0 Å². The quantitative estimate of drug-likeness (QED) is 0.404. The summed E-state index contributed by atoms with van der Waals surface area (Å²) in [4.78, 5) is 14.6. The van der Waals surface area contributed by atoms with Gasteiger partial charge in [0.1, 0.15) is 0 Å². The van der Waals surface area contributed by atoms with Gasteiger partial charge in [-0.15, -0.1) is 0 Å². The van der Waals surface area contributed by atoms with Crippen LogP contribution in [0.2, 0.25) is 0 Å². The molecule has 0 aliphatic heterocycles.